The number of benzene rings is 2. The van der Waals surface area contributed by atoms with E-state index in [1.807, 2.05) is 0 Å². The molecule has 2 heterocycles. The Morgan fingerprint density at radius 3 is 2.38 bits per heavy atom. The van der Waals surface area contributed by atoms with Crippen LogP contribution in [-0.2, 0) is 20.8 Å². The Morgan fingerprint density at radius 2 is 1.74 bits per heavy atom. The molecule has 0 aromatic heterocycles. The first-order chi connectivity index (χ1) is 18.2. The topological polar surface area (TPSA) is 106 Å². The zero-order valence-corrected chi connectivity index (χ0v) is 25.7. The molecule has 0 spiro atoms. The van der Waals surface area contributed by atoms with Crippen LogP contribution in [-0.4, -0.2) is 75.6 Å². The van der Waals surface area contributed by atoms with E-state index in [1.165, 1.54) is 14.2 Å². The summed E-state index contributed by atoms with van der Waals surface area (Å²) in [5.41, 5.74) is 0.773. The monoisotopic (exact) mass is 575 g/mol. The minimum atomic E-state index is -3.98. The fourth-order valence-electron chi connectivity index (χ4n) is 6.79. The Kier molecular flexibility index (Phi) is 6.91. The lowest BCUT2D eigenvalue weighted by atomic mass is 9.67. The van der Waals surface area contributed by atoms with Gasteiger partial charge in [-0.1, -0.05) is 32.9 Å². The van der Waals surface area contributed by atoms with Crippen molar-refractivity contribution in [2.24, 2.45) is 0 Å². The van der Waals surface area contributed by atoms with Crippen LogP contribution in [0.2, 0.25) is 18.1 Å². The third-order valence-electron chi connectivity index (χ3n) is 9.61. The van der Waals surface area contributed by atoms with Crippen LogP contribution >= 0.6 is 0 Å². The number of para-hydroxylation sites is 1. The van der Waals surface area contributed by atoms with Gasteiger partial charge in [0, 0.05) is 25.0 Å². The second-order valence-electron chi connectivity index (χ2n) is 12.7. The number of ether oxygens (including phenoxy) is 2. The molecule has 3 aliphatic rings. The van der Waals surface area contributed by atoms with Crippen LogP contribution in [0.1, 0.15) is 50.7 Å². The van der Waals surface area contributed by atoms with Gasteiger partial charge in [0.2, 0.25) is 0 Å². The molecule has 214 valence electrons. The number of hydrogen-bond acceptors (Lipinski definition) is 8. The van der Waals surface area contributed by atoms with Crippen LogP contribution in [0.25, 0.3) is 0 Å². The number of sulfone groups is 1. The highest BCUT2D eigenvalue weighted by Gasteiger charge is 2.67. The van der Waals surface area contributed by atoms with Crippen LogP contribution in [0.15, 0.2) is 41.3 Å². The van der Waals surface area contributed by atoms with Gasteiger partial charge in [-0.2, -0.15) is 0 Å². The average Bonchev–Trinajstić information content (AvgIpc) is 3.22. The molecule has 5 rings (SSSR count). The van der Waals surface area contributed by atoms with Gasteiger partial charge in [0.25, 0.3) is 0 Å². The van der Waals surface area contributed by atoms with Crippen molar-refractivity contribution in [1.29, 1.82) is 0 Å². The molecule has 39 heavy (non-hydrogen) atoms. The molecular weight excluding hydrogens is 534 g/mol. The summed E-state index contributed by atoms with van der Waals surface area (Å²) in [5, 5.41) is 21.1. The van der Waals surface area contributed by atoms with Crippen LogP contribution in [0, 0.1) is 0 Å². The first kappa shape index (κ1) is 28.4. The van der Waals surface area contributed by atoms with Crippen molar-refractivity contribution in [1.82, 2.24) is 4.90 Å². The number of nitrogens with zero attached hydrogens (tertiary/aromatic N) is 1. The minimum Gasteiger partial charge on any atom is -0.504 e. The van der Waals surface area contributed by atoms with Gasteiger partial charge >= 0.3 is 0 Å². The van der Waals surface area contributed by atoms with Crippen LogP contribution in [0.4, 0.5) is 0 Å². The van der Waals surface area contributed by atoms with Crippen molar-refractivity contribution in [2.45, 2.75) is 92.1 Å². The van der Waals surface area contributed by atoms with Gasteiger partial charge in [-0.25, -0.2) is 8.42 Å². The fraction of sp³-hybridized carbons (Fsp3) is 0.586. The molecule has 2 N–H and O–H groups in total. The van der Waals surface area contributed by atoms with E-state index in [2.05, 4.69) is 38.8 Å². The van der Waals surface area contributed by atoms with Gasteiger partial charge in [0.15, 0.2) is 29.7 Å². The van der Waals surface area contributed by atoms with E-state index in [-0.39, 0.29) is 34.1 Å². The zero-order valence-electron chi connectivity index (χ0n) is 23.9. The Morgan fingerprint density at radius 1 is 1.08 bits per heavy atom. The summed E-state index contributed by atoms with van der Waals surface area (Å²) in [5.74, 6) is 0.298. The number of phenols is 1. The van der Waals surface area contributed by atoms with Crippen molar-refractivity contribution in [3.05, 3.63) is 47.5 Å². The largest absolute Gasteiger partial charge is 0.504 e. The molecule has 2 fully saturated rings. The quantitative estimate of drug-likeness (QED) is 0.487. The Hall–Kier alpha value is -2.11. The lowest BCUT2D eigenvalue weighted by Gasteiger charge is -2.57. The van der Waals surface area contributed by atoms with Gasteiger partial charge in [0.05, 0.1) is 31.2 Å². The second kappa shape index (κ2) is 9.48. The molecule has 2 unspecified atom stereocenters. The van der Waals surface area contributed by atoms with E-state index in [4.69, 9.17) is 13.9 Å². The van der Waals surface area contributed by atoms with Gasteiger partial charge in [-0.15, -0.1) is 0 Å². The summed E-state index contributed by atoms with van der Waals surface area (Å²) >= 11 is 0. The van der Waals surface area contributed by atoms with Crippen molar-refractivity contribution < 1.29 is 32.5 Å². The fourth-order valence-corrected chi connectivity index (χ4v) is 10.8. The van der Waals surface area contributed by atoms with E-state index in [0.717, 1.165) is 11.1 Å². The van der Waals surface area contributed by atoms with Crippen molar-refractivity contribution in [2.75, 3.05) is 20.8 Å². The maximum absolute atomic E-state index is 14.6. The first-order valence-electron chi connectivity index (χ1n) is 13.6. The minimum absolute atomic E-state index is 0.0344. The molecule has 2 aliphatic heterocycles. The molecule has 2 aromatic carbocycles. The van der Waals surface area contributed by atoms with Gasteiger partial charge in [-0.3, -0.25) is 4.90 Å². The second-order valence-corrected chi connectivity index (χ2v) is 19.5. The normalized spacial score (nSPS) is 29.0. The summed E-state index contributed by atoms with van der Waals surface area (Å²) in [6.45, 7) is 12.0. The number of phenolic OH excluding ortho intramolecular Hbond substituents is 1. The Labute approximate surface area is 232 Å². The predicted molar refractivity (Wildman–Crippen MR) is 152 cm³/mol. The van der Waals surface area contributed by atoms with Crippen LogP contribution in [0.5, 0.6) is 17.2 Å². The first-order valence-corrected chi connectivity index (χ1v) is 18.0. The summed E-state index contributed by atoms with van der Waals surface area (Å²) in [6, 6.07) is 9.87. The van der Waals surface area contributed by atoms with E-state index >= 15 is 0 Å². The molecule has 0 radical (unpaired) electrons. The summed E-state index contributed by atoms with van der Waals surface area (Å²) in [4.78, 5) is 2.38. The number of methoxy groups -OCH3 is 2. The SMILES string of the molecule is COc1cc2c(cc1O)CN1CC[C@]3(O[Si](C)(C)C(C)(C)C)C(S(=O)(=O)c4ccccc4OC)CC(O)[C@@H]2[C@H]13. The molecular formula is C29H41NO7SSi. The lowest BCUT2D eigenvalue weighted by molar-refractivity contribution is -0.0691. The third-order valence-corrected chi connectivity index (χ3v) is 16.4. The highest BCUT2D eigenvalue weighted by Crippen LogP contribution is 2.58. The van der Waals surface area contributed by atoms with E-state index in [1.54, 1.807) is 36.4 Å². The highest BCUT2D eigenvalue weighted by atomic mass is 32.2. The van der Waals surface area contributed by atoms with Crippen molar-refractivity contribution in [3.63, 3.8) is 0 Å². The molecule has 8 nitrogen and oxygen atoms in total. The molecule has 2 aromatic rings. The molecule has 0 bridgehead atoms. The standard InChI is InChI=1S/C29H41NO7SSi/c1-28(2,3)39(6,7)37-29-12-13-30-17-18-14-20(31)23(36-5)15-19(18)26(27(29)30)21(32)16-25(29)38(33,34)24-11-9-8-10-22(24)35-4/h8-11,14-15,21,25-27,31-32H,12-13,16-17H2,1-7H3/t21?,25?,26-,27+,29+/m1/s1. The molecule has 5 atom stereocenters. The van der Waals surface area contributed by atoms with Crippen LogP contribution < -0.4 is 9.47 Å². The maximum atomic E-state index is 14.6. The molecule has 0 amide bonds. The van der Waals surface area contributed by atoms with E-state index in [9.17, 15) is 18.6 Å². The molecule has 10 heteroatoms. The zero-order chi connectivity index (χ0) is 28.5. The molecule has 1 saturated carbocycles. The van der Waals surface area contributed by atoms with Gasteiger partial charge in [-0.05, 0) is 66.4 Å². The van der Waals surface area contributed by atoms with Crippen molar-refractivity contribution in [3.8, 4) is 17.2 Å². The Balaban J connectivity index is 1.73. The summed E-state index contributed by atoms with van der Waals surface area (Å²) in [7, 11) is -3.49. The number of aliphatic hydroxyl groups excluding tert-OH is 1. The number of rotatable bonds is 6. The maximum Gasteiger partial charge on any atom is 0.192 e. The number of hydrogen-bond donors (Lipinski definition) is 2. The molecule has 1 saturated heterocycles. The van der Waals surface area contributed by atoms with E-state index in [0.29, 0.717) is 31.0 Å². The number of fused-ring (bicyclic) bond motifs is 2. The average molecular weight is 576 g/mol. The van der Waals surface area contributed by atoms with Gasteiger partial charge in [0.1, 0.15) is 10.6 Å². The number of aliphatic hydroxyl groups is 1. The predicted octanol–water partition coefficient (Wildman–Crippen LogP) is 4.45. The smallest absolute Gasteiger partial charge is 0.192 e. The molecule has 1 aliphatic carbocycles. The van der Waals surface area contributed by atoms with Gasteiger partial charge < -0.3 is 24.1 Å². The number of aromatic hydroxyl groups is 1. The van der Waals surface area contributed by atoms with Crippen molar-refractivity contribution >= 4 is 18.2 Å². The van der Waals surface area contributed by atoms with Crippen LogP contribution in [0.3, 0.4) is 0 Å². The third kappa shape index (κ3) is 4.30. The highest BCUT2D eigenvalue weighted by molar-refractivity contribution is 7.92. The summed E-state index contributed by atoms with van der Waals surface area (Å²) < 4.78 is 47.4. The Bertz CT molecular complexity index is 1370. The lowest BCUT2D eigenvalue weighted by Crippen LogP contribution is -2.69. The van der Waals surface area contributed by atoms with E-state index < -0.39 is 35.1 Å². The summed E-state index contributed by atoms with van der Waals surface area (Å²) in [6.07, 6.45) is -0.370.